The summed E-state index contributed by atoms with van der Waals surface area (Å²) in [6, 6.07) is 6.74. The van der Waals surface area contributed by atoms with Gasteiger partial charge in [-0.1, -0.05) is 6.07 Å². The fourth-order valence-corrected chi connectivity index (χ4v) is 2.18. The van der Waals surface area contributed by atoms with E-state index in [0.29, 0.717) is 6.54 Å². The number of H-pyrrole nitrogens is 1. The second kappa shape index (κ2) is 6.16. The lowest BCUT2D eigenvalue weighted by atomic mass is 10.0. The second-order valence-electron chi connectivity index (χ2n) is 4.61. The summed E-state index contributed by atoms with van der Waals surface area (Å²) < 4.78 is 0. The molecule has 2 rings (SSSR count). The Morgan fingerprint density at radius 1 is 1.47 bits per heavy atom. The molecule has 1 aliphatic rings. The van der Waals surface area contributed by atoms with Gasteiger partial charge in [-0.3, -0.25) is 14.5 Å². The number of nitrogens with zero attached hydrogens (tertiary/aromatic N) is 2. The summed E-state index contributed by atoms with van der Waals surface area (Å²) in [4.78, 5) is 27.6. The summed E-state index contributed by atoms with van der Waals surface area (Å²) >= 11 is 0. The summed E-state index contributed by atoms with van der Waals surface area (Å²) in [5.74, 6) is -0.253. The quantitative estimate of drug-likeness (QED) is 0.754. The standard InChI is InChI=1S/C13H16N4O2/c14-6-9-17-7-4-10(5-8-17)15-13(19)11-2-1-3-12(18)16-11/h1-3,10H,4-5,7-9H2,(H,15,19)(H,16,18). The molecular weight excluding hydrogens is 244 g/mol. The van der Waals surface area contributed by atoms with Crippen molar-refractivity contribution < 1.29 is 4.79 Å². The first-order valence-corrected chi connectivity index (χ1v) is 6.28. The van der Waals surface area contributed by atoms with Gasteiger partial charge in [0.15, 0.2) is 0 Å². The zero-order valence-corrected chi connectivity index (χ0v) is 10.6. The number of aromatic amines is 1. The molecule has 1 amide bonds. The number of nitrogens with one attached hydrogen (secondary N) is 2. The van der Waals surface area contributed by atoms with E-state index in [-0.39, 0.29) is 23.2 Å². The fraction of sp³-hybridized carbons (Fsp3) is 0.462. The minimum absolute atomic E-state index is 0.103. The molecule has 2 heterocycles. The molecule has 0 aliphatic carbocycles. The molecule has 1 aromatic heterocycles. The van der Waals surface area contributed by atoms with Crippen molar-refractivity contribution >= 4 is 5.91 Å². The van der Waals surface area contributed by atoms with Gasteiger partial charge in [0.05, 0.1) is 12.6 Å². The molecule has 19 heavy (non-hydrogen) atoms. The summed E-state index contributed by atoms with van der Waals surface area (Å²) in [6.07, 6.45) is 1.65. The normalized spacial score (nSPS) is 16.8. The van der Waals surface area contributed by atoms with Gasteiger partial charge in [0.25, 0.3) is 5.91 Å². The Bertz CT molecular complexity index is 538. The first-order valence-electron chi connectivity index (χ1n) is 6.28. The average Bonchev–Trinajstić information content (AvgIpc) is 2.41. The summed E-state index contributed by atoms with van der Waals surface area (Å²) in [7, 11) is 0. The number of aromatic nitrogens is 1. The van der Waals surface area contributed by atoms with Crippen molar-refractivity contribution in [1.29, 1.82) is 5.26 Å². The second-order valence-corrected chi connectivity index (χ2v) is 4.61. The fourth-order valence-electron chi connectivity index (χ4n) is 2.18. The van der Waals surface area contributed by atoms with Crippen molar-refractivity contribution in [1.82, 2.24) is 15.2 Å². The molecule has 0 bridgehead atoms. The van der Waals surface area contributed by atoms with Gasteiger partial charge in [-0.15, -0.1) is 0 Å². The van der Waals surface area contributed by atoms with E-state index < -0.39 is 0 Å². The van der Waals surface area contributed by atoms with E-state index in [0.717, 1.165) is 25.9 Å². The van der Waals surface area contributed by atoms with E-state index in [2.05, 4.69) is 21.3 Å². The molecule has 2 N–H and O–H groups in total. The molecule has 1 aliphatic heterocycles. The van der Waals surface area contributed by atoms with Crippen LogP contribution >= 0.6 is 0 Å². The predicted molar refractivity (Wildman–Crippen MR) is 69.6 cm³/mol. The molecule has 0 atom stereocenters. The van der Waals surface area contributed by atoms with Crippen LogP contribution in [0.4, 0.5) is 0 Å². The summed E-state index contributed by atoms with van der Waals surface area (Å²) in [5, 5.41) is 11.5. The Morgan fingerprint density at radius 3 is 2.84 bits per heavy atom. The van der Waals surface area contributed by atoms with Crippen molar-refractivity contribution in [2.24, 2.45) is 0 Å². The third-order valence-electron chi connectivity index (χ3n) is 3.23. The molecular formula is C13H16N4O2. The van der Waals surface area contributed by atoms with Crippen molar-refractivity contribution in [3.63, 3.8) is 0 Å². The number of hydrogen-bond donors (Lipinski definition) is 2. The number of pyridine rings is 1. The summed E-state index contributed by atoms with van der Waals surface area (Å²) in [5.41, 5.74) is 0.00319. The van der Waals surface area contributed by atoms with Crippen LogP contribution in [0.15, 0.2) is 23.0 Å². The van der Waals surface area contributed by atoms with Gasteiger partial charge in [-0.25, -0.2) is 0 Å². The van der Waals surface area contributed by atoms with Gasteiger partial charge in [-0.05, 0) is 18.9 Å². The lowest BCUT2D eigenvalue weighted by Crippen LogP contribution is -2.45. The third kappa shape index (κ3) is 3.66. The van der Waals surface area contributed by atoms with Gasteiger partial charge < -0.3 is 10.3 Å². The maximum atomic E-state index is 11.9. The van der Waals surface area contributed by atoms with Crippen LogP contribution in [0.5, 0.6) is 0 Å². The third-order valence-corrected chi connectivity index (χ3v) is 3.23. The number of likely N-dealkylation sites (tertiary alicyclic amines) is 1. The van der Waals surface area contributed by atoms with Gasteiger partial charge in [-0.2, -0.15) is 5.26 Å². The van der Waals surface area contributed by atoms with Gasteiger partial charge >= 0.3 is 0 Å². The molecule has 1 saturated heterocycles. The van der Waals surface area contributed by atoms with Gasteiger partial charge in [0.2, 0.25) is 5.56 Å². The Kier molecular flexibility index (Phi) is 4.31. The monoisotopic (exact) mass is 260 g/mol. The Morgan fingerprint density at radius 2 is 2.21 bits per heavy atom. The number of carbonyl (C=O) groups excluding carboxylic acids is 1. The highest BCUT2D eigenvalue weighted by Gasteiger charge is 2.20. The van der Waals surface area contributed by atoms with Crippen LogP contribution in [0.3, 0.4) is 0 Å². The van der Waals surface area contributed by atoms with Crippen molar-refractivity contribution in [3.05, 3.63) is 34.2 Å². The van der Waals surface area contributed by atoms with Crippen LogP contribution in [0.2, 0.25) is 0 Å². The van der Waals surface area contributed by atoms with E-state index in [9.17, 15) is 9.59 Å². The van der Waals surface area contributed by atoms with Crippen molar-refractivity contribution in [3.8, 4) is 6.07 Å². The minimum atomic E-state index is -0.281. The Labute approximate surface area is 111 Å². The lowest BCUT2D eigenvalue weighted by molar-refractivity contribution is 0.0909. The largest absolute Gasteiger partial charge is 0.348 e. The van der Waals surface area contributed by atoms with Crippen LogP contribution in [0, 0.1) is 11.3 Å². The number of carbonyl (C=O) groups is 1. The Hall–Kier alpha value is -2.13. The average molecular weight is 260 g/mol. The number of rotatable bonds is 3. The van der Waals surface area contributed by atoms with Crippen LogP contribution in [-0.2, 0) is 0 Å². The van der Waals surface area contributed by atoms with Crippen LogP contribution < -0.4 is 10.9 Å². The highest BCUT2D eigenvalue weighted by atomic mass is 16.2. The minimum Gasteiger partial charge on any atom is -0.348 e. The highest BCUT2D eigenvalue weighted by molar-refractivity contribution is 5.92. The number of amides is 1. The highest BCUT2D eigenvalue weighted by Crippen LogP contribution is 2.10. The number of hydrogen-bond acceptors (Lipinski definition) is 4. The van der Waals surface area contributed by atoms with E-state index in [1.807, 2.05) is 0 Å². The molecule has 0 aromatic carbocycles. The molecule has 0 saturated carbocycles. The first-order chi connectivity index (χ1) is 9.19. The van der Waals surface area contributed by atoms with Crippen molar-refractivity contribution in [2.75, 3.05) is 19.6 Å². The number of piperidine rings is 1. The molecule has 6 heteroatoms. The van der Waals surface area contributed by atoms with E-state index in [1.54, 1.807) is 12.1 Å². The molecule has 6 nitrogen and oxygen atoms in total. The summed E-state index contributed by atoms with van der Waals surface area (Å²) in [6.45, 7) is 2.06. The Balaban J connectivity index is 1.88. The van der Waals surface area contributed by atoms with Gasteiger partial charge in [0.1, 0.15) is 5.69 Å². The van der Waals surface area contributed by atoms with E-state index in [4.69, 9.17) is 5.26 Å². The maximum Gasteiger partial charge on any atom is 0.268 e. The molecule has 1 fully saturated rings. The van der Waals surface area contributed by atoms with Crippen molar-refractivity contribution in [2.45, 2.75) is 18.9 Å². The predicted octanol–water partition coefficient (Wildman–Crippen LogP) is 0.0927. The SMILES string of the molecule is N#CCN1CCC(NC(=O)c2cccc(=O)[nH]2)CC1. The molecule has 0 unspecified atom stereocenters. The lowest BCUT2D eigenvalue weighted by Gasteiger charge is -2.30. The zero-order valence-electron chi connectivity index (χ0n) is 10.6. The molecule has 0 radical (unpaired) electrons. The number of nitriles is 1. The maximum absolute atomic E-state index is 11.9. The van der Waals surface area contributed by atoms with Crippen LogP contribution in [0.1, 0.15) is 23.3 Å². The van der Waals surface area contributed by atoms with Crippen LogP contribution in [-0.4, -0.2) is 41.5 Å². The topological polar surface area (TPSA) is 89.0 Å². The zero-order chi connectivity index (χ0) is 13.7. The molecule has 0 spiro atoms. The smallest absolute Gasteiger partial charge is 0.268 e. The van der Waals surface area contributed by atoms with E-state index >= 15 is 0 Å². The van der Waals surface area contributed by atoms with E-state index in [1.165, 1.54) is 6.07 Å². The molecule has 100 valence electrons. The molecule has 1 aromatic rings. The van der Waals surface area contributed by atoms with Gasteiger partial charge in [0, 0.05) is 25.2 Å². The first kappa shape index (κ1) is 13.3. The van der Waals surface area contributed by atoms with Crippen LogP contribution in [0.25, 0.3) is 0 Å².